The van der Waals surface area contributed by atoms with E-state index in [1.807, 2.05) is 72.8 Å². The average Bonchev–Trinajstić information content (AvgIpc) is 3.48. The summed E-state index contributed by atoms with van der Waals surface area (Å²) in [6.07, 6.45) is 0. The summed E-state index contributed by atoms with van der Waals surface area (Å²) >= 11 is 0. The minimum atomic E-state index is 0.459. The molecule has 0 N–H and O–H groups in total. The van der Waals surface area contributed by atoms with Crippen molar-refractivity contribution in [1.82, 2.24) is 9.13 Å². The third-order valence-electron chi connectivity index (χ3n) is 8.13. The molecule has 0 bridgehead atoms. The van der Waals surface area contributed by atoms with Crippen LogP contribution in [0.1, 0.15) is 16.6 Å². The van der Waals surface area contributed by atoms with E-state index in [2.05, 4.69) is 59.4 Å². The summed E-state index contributed by atoms with van der Waals surface area (Å²) in [5, 5.41) is 3.94. The van der Waals surface area contributed by atoms with Gasteiger partial charge in [0.2, 0.25) is 0 Å². The van der Waals surface area contributed by atoms with Crippen molar-refractivity contribution >= 4 is 43.6 Å². The SMILES string of the molecule is [2H]c1ccc2c(c1)c1cc([2H])ccc1n2-c1ccc(-c2ccc(-n3c4ccc([2H])cc4c4cc([2H])ccc43)cc2C)c(C)c1. The van der Waals surface area contributed by atoms with Crippen LogP contribution in [0.25, 0.3) is 66.1 Å². The highest BCUT2D eigenvalue weighted by atomic mass is 15.0. The lowest BCUT2D eigenvalue weighted by molar-refractivity contribution is 1.16. The number of hydrogen-bond acceptors (Lipinski definition) is 0. The molecule has 40 heavy (non-hydrogen) atoms. The highest BCUT2D eigenvalue weighted by Crippen LogP contribution is 2.36. The third-order valence-corrected chi connectivity index (χ3v) is 8.13. The molecule has 0 spiro atoms. The first-order valence-corrected chi connectivity index (χ1v) is 13.5. The summed E-state index contributed by atoms with van der Waals surface area (Å²) in [5.41, 5.74) is 10.8. The van der Waals surface area contributed by atoms with Crippen LogP contribution in [0.5, 0.6) is 0 Å². The van der Waals surface area contributed by atoms with Crippen LogP contribution in [-0.4, -0.2) is 9.13 Å². The molecule has 8 aromatic rings. The van der Waals surface area contributed by atoms with Gasteiger partial charge in [-0.2, -0.15) is 0 Å². The van der Waals surface area contributed by atoms with Crippen LogP contribution < -0.4 is 0 Å². The van der Waals surface area contributed by atoms with Gasteiger partial charge in [-0.15, -0.1) is 0 Å². The number of hydrogen-bond donors (Lipinski definition) is 0. The molecule has 0 aliphatic rings. The number of fused-ring (bicyclic) bond motifs is 6. The number of benzene rings is 6. The van der Waals surface area contributed by atoms with Crippen molar-refractivity contribution in [3.05, 3.63) is 144 Å². The Balaban J connectivity index is 1.25. The van der Waals surface area contributed by atoms with Crippen molar-refractivity contribution < 1.29 is 5.48 Å². The fourth-order valence-corrected chi connectivity index (χ4v) is 6.33. The second-order valence-electron chi connectivity index (χ2n) is 10.4. The molecule has 2 nitrogen and oxygen atoms in total. The summed E-state index contributed by atoms with van der Waals surface area (Å²) in [6, 6.07) is 37.8. The molecule has 0 amide bonds. The summed E-state index contributed by atoms with van der Waals surface area (Å²) in [6.45, 7) is 4.29. The van der Waals surface area contributed by atoms with Crippen molar-refractivity contribution in [1.29, 1.82) is 0 Å². The molecule has 0 saturated heterocycles. The molecule has 0 fully saturated rings. The molecule has 0 unspecified atom stereocenters. The monoisotopic (exact) mass is 516 g/mol. The van der Waals surface area contributed by atoms with Crippen LogP contribution in [-0.2, 0) is 0 Å². The van der Waals surface area contributed by atoms with Crippen molar-refractivity contribution in [2.24, 2.45) is 0 Å². The van der Waals surface area contributed by atoms with E-state index in [0.717, 1.165) is 66.1 Å². The summed E-state index contributed by atoms with van der Waals surface area (Å²) in [7, 11) is 0. The first-order chi connectivity index (χ1) is 21.3. The predicted molar refractivity (Wildman–Crippen MR) is 170 cm³/mol. The second kappa shape index (κ2) is 8.72. The fraction of sp³-hybridized carbons (Fsp3) is 0.0526. The molecule has 0 radical (unpaired) electrons. The Labute approximate surface area is 239 Å². The summed E-state index contributed by atoms with van der Waals surface area (Å²) < 4.78 is 37.2. The molecular formula is C38H28N2. The number of aromatic nitrogens is 2. The van der Waals surface area contributed by atoms with E-state index in [1.165, 1.54) is 11.1 Å². The highest BCUT2D eigenvalue weighted by Gasteiger charge is 2.15. The molecular weight excluding hydrogens is 484 g/mol. The smallest absolute Gasteiger partial charge is 0.0623 e. The number of rotatable bonds is 3. The molecule has 0 atom stereocenters. The summed E-state index contributed by atoms with van der Waals surface area (Å²) in [5.74, 6) is 0. The average molecular weight is 517 g/mol. The van der Waals surface area contributed by atoms with E-state index in [9.17, 15) is 0 Å². The topological polar surface area (TPSA) is 9.86 Å². The molecule has 0 aliphatic heterocycles. The number of para-hydroxylation sites is 4. The van der Waals surface area contributed by atoms with Crippen LogP contribution in [0.2, 0.25) is 0 Å². The summed E-state index contributed by atoms with van der Waals surface area (Å²) in [4.78, 5) is 0. The van der Waals surface area contributed by atoms with Gasteiger partial charge in [0.15, 0.2) is 0 Å². The maximum absolute atomic E-state index is 8.18. The van der Waals surface area contributed by atoms with Gasteiger partial charge < -0.3 is 9.13 Å². The minimum absolute atomic E-state index is 0.459. The minimum Gasteiger partial charge on any atom is -0.309 e. The van der Waals surface area contributed by atoms with Crippen molar-refractivity contribution in [3.8, 4) is 22.5 Å². The van der Waals surface area contributed by atoms with Gasteiger partial charge in [-0.3, -0.25) is 0 Å². The highest BCUT2D eigenvalue weighted by molar-refractivity contribution is 6.10. The van der Waals surface area contributed by atoms with E-state index in [4.69, 9.17) is 5.48 Å². The van der Waals surface area contributed by atoms with E-state index < -0.39 is 0 Å². The lowest BCUT2D eigenvalue weighted by atomic mass is 9.95. The second-order valence-corrected chi connectivity index (χ2v) is 10.4. The lowest BCUT2D eigenvalue weighted by Gasteiger charge is -2.15. The van der Waals surface area contributed by atoms with E-state index >= 15 is 0 Å². The van der Waals surface area contributed by atoms with Crippen molar-refractivity contribution in [2.45, 2.75) is 13.8 Å². The number of nitrogens with zero attached hydrogens (tertiary/aromatic N) is 2. The van der Waals surface area contributed by atoms with Gasteiger partial charge in [-0.1, -0.05) is 84.8 Å². The number of aryl methyl sites for hydroxylation is 2. The maximum atomic E-state index is 8.18. The Morgan fingerprint density at radius 2 is 0.750 bits per heavy atom. The maximum Gasteiger partial charge on any atom is 0.0623 e. The van der Waals surface area contributed by atoms with Crippen LogP contribution >= 0.6 is 0 Å². The Hall–Kier alpha value is -5.08. The first-order valence-electron chi connectivity index (χ1n) is 15.5. The molecule has 0 saturated carbocycles. The Morgan fingerprint density at radius 1 is 0.425 bits per heavy atom. The first kappa shape index (κ1) is 19.1. The van der Waals surface area contributed by atoms with Crippen LogP contribution in [0.4, 0.5) is 0 Å². The molecule has 0 aliphatic carbocycles. The van der Waals surface area contributed by atoms with Crippen molar-refractivity contribution in [3.63, 3.8) is 0 Å². The Morgan fingerprint density at radius 3 is 1.05 bits per heavy atom. The van der Waals surface area contributed by atoms with Gasteiger partial charge in [-0.05, 0) is 84.6 Å². The standard InChI is InChI=1S/C38H28N2/c1-25-23-27(39-35-15-7-3-11-31(35)32-12-4-8-16-36(32)39)19-21-29(25)30-22-20-28(24-26(30)2)40-37-17-9-5-13-33(37)34-14-6-10-18-38(34)40/h3-24H,1-2H3/i3D,4D,5D,6D. The molecule has 6 aromatic carbocycles. The fourth-order valence-electron chi connectivity index (χ4n) is 6.33. The van der Waals surface area contributed by atoms with Crippen LogP contribution in [0.15, 0.2) is 133 Å². The van der Waals surface area contributed by atoms with Gasteiger partial charge in [0.25, 0.3) is 0 Å². The zero-order valence-electron chi connectivity index (χ0n) is 26.3. The van der Waals surface area contributed by atoms with Crippen LogP contribution in [0, 0.1) is 13.8 Å². The van der Waals surface area contributed by atoms with Gasteiger partial charge in [0, 0.05) is 32.9 Å². The Kier molecular flexibility index (Phi) is 4.15. The van der Waals surface area contributed by atoms with Crippen LogP contribution in [0.3, 0.4) is 0 Å². The van der Waals surface area contributed by atoms with Gasteiger partial charge >= 0.3 is 0 Å². The normalized spacial score (nSPS) is 13.2. The molecule has 2 aromatic heterocycles. The lowest BCUT2D eigenvalue weighted by Crippen LogP contribution is -1.98. The van der Waals surface area contributed by atoms with E-state index in [0.29, 0.717) is 24.2 Å². The van der Waals surface area contributed by atoms with E-state index in [-0.39, 0.29) is 0 Å². The van der Waals surface area contributed by atoms with Gasteiger partial charge in [-0.25, -0.2) is 0 Å². The quantitative estimate of drug-likeness (QED) is 0.221. The molecule has 2 heteroatoms. The zero-order valence-corrected chi connectivity index (χ0v) is 22.3. The molecule has 8 rings (SSSR count). The van der Waals surface area contributed by atoms with Crippen molar-refractivity contribution in [2.75, 3.05) is 0 Å². The molecule has 190 valence electrons. The zero-order chi connectivity index (χ0) is 30.3. The third kappa shape index (κ3) is 3.29. The van der Waals surface area contributed by atoms with Gasteiger partial charge in [0.05, 0.1) is 27.5 Å². The largest absolute Gasteiger partial charge is 0.309 e. The van der Waals surface area contributed by atoms with Gasteiger partial charge in [0.1, 0.15) is 0 Å². The predicted octanol–water partition coefficient (Wildman–Crippen LogP) is 10.2. The van der Waals surface area contributed by atoms with E-state index in [1.54, 1.807) is 0 Å². The Bertz CT molecular complexity index is 2170. The molecule has 2 heterocycles.